The summed E-state index contributed by atoms with van der Waals surface area (Å²) < 4.78 is 52.1. The van der Waals surface area contributed by atoms with Crippen LogP contribution in [0.15, 0.2) is 11.1 Å². The van der Waals surface area contributed by atoms with E-state index in [0.29, 0.717) is 0 Å². The monoisotopic (exact) mass is 507 g/mol. The van der Waals surface area contributed by atoms with Gasteiger partial charge in [0.25, 0.3) is 5.56 Å². The Morgan fingerprint density at radius 1 is 1.23 bits per heavy atom. The number of phosphoric acid groups is 3. The molecule has 3 heterocycles. The van der Waals surface area contributed by atoms with Gasteiger partial charge >= 0.3 is 23.5 Å². The van der Waals surface area contributed by atoms with Gasteiger partial charge in [-0.2, -0.15) is 13.6 Å². The predicted molar refractivity (Wildman–Crippen MR) is 96.9 cm³/mol. The molecule has 2 aromatic heterocycles. The molecule has 1 aliphatic heterocycles. The highest BCUT2D eigenvalue weighted by molar-refractivity contribution is 7.66. The molecule has 8 N–H and O–H groups in total. The zero-order valence-electron chi connectivity index (χ0n) is 15.0. The van der Waals surface area contributed by atoms with Crippen molar-refractivity contribution in [3.05, 3.63) is 16.7 Å². The molecule has 18 nitrogen and oxygen atoms in total. The molecule has 3 unspecified atom stereocenters. The summed E-state index contributed by atoms with van der Waals surface area (Å²) in [5.41, 5.74) is 4.89. The van der Waals surface area contributed by atoms with Crippen molar-refractivity contribution in [1.29, 1.82) is 0 Å². The van der Waals surface area contributed by atoms with Gasteiger partial charge in [0.15, 0.2) is 11.2 Å². The van der Waals surface area contributed by atoms with E-state index < -0.39 is 54.1 Å². The van der Waals surface area contributed by atoms with Crippen molar-refractivity contribution in [2.75, 3.05) is 12.3 Å². The highest BCUT2D eigenvalue weighted by Gasteiger charge is 2.43. The van der Waals surface area contributed by atoms with Crippen molar-refractivity contribution in [1.82, 2.24) is 19.5 Å². The van der Waals surface area contributed by atoms with E-state index in [9.17, 15) is 28.5 Å². The third-order valence-corrected chi connectivity index (χ3v) is 7.59. The first-order valence-electron chi connectivity index (χ1n) is 8.00. The third-order valence-electron chi connectivity index (χ3n) is 3.78. The molecule has 21 heteroatoms. The van der Waals surface area contributed by atoms with Crippen LogP contribution in [0.2, 0.25) is 0 Å². The molecular weight excluding hydrogens is 491 g/mol. The summed E-state index contributed by atoms with van der Waals surface area (Å²) in [7, 11) is -16.6. The number of nitrogens with two attached hydrogens (primary N) is 1. The Morgan fingerprint density at radius 2 is 1.90 bits per heavy atom. The number of aromatic nitrogens is 4. The van der Waals surface area contributed by atoms with E-state index in [1.807, 2.05) is 0 Å². The number of hydrogen-bond donors (Lipinski definition) is 7. The first-order chi connectivity index (χ1) is 14.2. The molecule has 0 bridgehead atoms. The lowest BCUT2D eigenvalue weighted by atomic mass is 10.2. The summed E-state index contributed by atoms with van der Waals surface area (Å²) in [6.45, 7) is -0.843. The molecule has 31 heavy (non-hydrogen) atoms. The van der Waals surface area contributed by atoms with Crippen LogP contribution in [0.25, 0.3) is 11.2 Å². The number of nitrogens with zero attached hydrogens (tertiary/aromatic N) is 3. The van der Waals surface area contributed by atoms with E-state index in [1.54, 1.807) is 0 Å². The van der Waals surface area contributed by atoms with Crippen LogP contribution in [-0.4, -0.2) is 63.0 Å². The number of anilines is 1. The topological polar surface area (TPSA) is 279 Å². The minimum absolute atomic E-state index is 0.0481. The van der Waals surface area contributed by atoms with Gasteiger partial charge in [-0.05, 0) is 0 Å². The minimum Gasteiger partial charge on any atom is -0.390 e. The number of nitrogen functional groups attached to an aromatic ring is 1. The molecule has 0 radical (unpaired) electrons. The average Bonchev–Trinajstić information content (AvgIpc) is 3.13. The van der Waals surface area contributed by atoms with Crippen LogP contribution in [-0.2, 0) is 31.6 Å². The molecule has 0 aromatic carbocycles. The molecule has 3 rings (SSSR count). The Labute approximate surface area is 171 Å². The van der Waals surface area contributed by atoms with Crippen LogP contribution in [0.5, 0.6) is 0 Å². The number of imidazole rings is 1. The lowest BCUT2D eigenvalue weighted by Gasteiger charge is -2.19. The van der Waals surface area contributed by atoms with E-state index in [-0.39, 0.29) is 23.5 Å². The summed E-state index contributed by atoms with van der Waals surface area (Å²) in [4.78, 5) is 57.5. The van der Waals surface area contributed by atoms with Crippen molar-refractivity contribution in [3.63, 3.8) is 0 Å². The van der Waals surface area contributed by atoms with E-state index >= 15 is 0 Å². The summed E-state index contributed by atoms with van der Waals surface area (Å²) in [5, 5.41) is 10.1. The fourth-order valence-electron chi connectivity index (χ4n) is 2.66. The summed E-state index contributed by atoms with van der Waals surface area (Å²) in [5.74, 6) is -0.193. The second-order valence-corrected chi connectivity index (χ2v) is 10.5. The fraction of sp³-hybridized carbons (Fsp3) is 0.500. The summed E-state index contributed by atoms with van der Waals surface area (Å²) >= 11 is 0. The molecule has 2 aromatic rings. The van der Waals surface area contributed by atoms with Gasteiger partial charge in [0.1, 0.15) is 12.3 Å². The normalized spacial score (nSPS) is 26.0. The first-order valence-corrected chi connectivity index (χ1v) is 12.5. The number of hydrogen-bond acceptors (Lipinski definition) is 12. The van der Waals surface area contributed by atoms with Crippen LogP contribution in [0.1, 0.15) is 12.6 Å². The summed E-state index contributed by atoms with van der Waals surface area (Å²) in [6, 6.07) is 0. The van der Waals surface area contributed by atoms with E-state index in [0.717, 1.165) is 0 Å². The number of fused-ring (bicyclic) bond motifs is 1. The molecular formula is C10H16N5O13P3. The number of aliphatic hydroxyl groups excluding tert-OH is 1. The Morgan fingerprint density at radius 3 is 2.55 bits per heavy atom. The quantitative estimate of drug-likeness (QED) is 0.204. The van der Waals surface area contributed by atoms with E-state index in [2.05, 4.69) is 28.1 Å². The number of aliphatic hydroxyl groups is 1. The predicted octanol–water partition coefficient (Wildman–Crippen LogP) is -1.31. The maximum absolute atomic E-state index is 11.8. The minimum atomic E-state index is -5.67. The lowest BCUT2D eigenvalue weighted by Crippen LogP contribution is -2.26. The van der Waals surface area contributed by atoms with Gasteiger partial charge in [0, 0.05) is 6.42 Å². The second kappa shape index (κ2) is 8.44. The molecule has 0 aliphatic carbocycles. The van der Waals surface area contributed by atoms with Crippen LogP contribution in [0, 0.1) is 0 Å². The molecule has 5 atom stereocenters. The molecule has 1 aliphatic rings. The van der Waals surface area contributed by atoms with Gasteiger partial charge in [0.2, 0.25) is 5.95 Å². The van der Waals surface area contributed by atoms with Gasteiger partial charge in [-0.3, -0.25) is 18.9 Å². The van der Waals surface area contributed by atoms with Crippen LogP contribution in [0.4, 0.5) is 5.95 Å². The Hall–Kier alpha value is -1.52. The second-order valence-electron chi connectivity index (χ2n) is 6.09. The van der Waals surface area contributed by atoms with Gasteiger partial charge in [-0.1, -0.05) is 0 Å². The molecule has 0 saturated carbocycles. The van der Waals surface area contributed by atoms with Crippen LogP contribution >= 0.6 is 23.5 Å². The third kappa shape index (κ3) is 6.04. The van der Waals surface area contributed by atoms with Crippen molar-refractivity contribution >= 4 is 40.6 Å². The molecule has 1 fully saturated rings. The van der Waals surface area contributed by atoms with E-state index in [4.69, 9.17) is 25.2 Å². The highest BCUT2D eigenvalue weighted by Crippen LogP contribution is 2.66. The maximum Gasteiger partial charge on any atom is 0.490 e. The Balaban J connectivity index is 1.67. The van der Waals surface area contributed by atoms with Gasteiger partial charge in [-0.15, -0.1) is 0 Å². The Bertz CT molecular complexity index is 1170. The van der Waals surface area contributed by atoms with Crippen LogP contribution in [0.3, 0.4) is 0 Å². The molecule has 1 saturated heterocycles. The standard InChI is InChI=1S/C10H16N5O13P3/c11-10-13-8-7(9(17)14-10)12-3-15(8)6-1-4(16)5(26-6)2-25-30(21,22)28-31(23,24)27-29(18,19)20/h3-6,16H,1-2H2,(H,21,22)(H,23,24)(H2,18,19,20)(H3,11,13,14,17)/t4?,5-,6-/m1/s1. The largest absolute Gasteiger partial charge is 0.490 e. The smallest absolute Gasteiger partial charge is 0.390 e. The first kappa shape index (κ1) is 24.1. The van der Waals surface area contributed by atoms with Crippen molar-refractivity contribution < 1.29 is 56.3 Å². The SMILES string of the molecule is Nc1nc2c(ncn2[C@H]2CC(O)[C@@H](COP(=O)(O)OP(=O)(O)OP(=O)(O)O)O2)c(=O)[nH]1. The molecule has 0 amide bonds. The number of aromatic amines is 1. The summed E-state index contributed by atoms with van der Waals surface area (Å²) in [6.07, 6.45) is -2.36. The number of nitrogens with one attached hydrogen (secondary N) is 1. The highest BCUT2D eigenvalue weighted by atomic mass is 31.3. The number of ether oxygens (including phenoxy) is 1. The number of H-pyrrole nitrogens is 1. The maximum atomic E-state index is 11.8. The fourth-order valence-corrected chi connectivity index (χ4v) is 5.69. The van der Waals surface area contributed by atoms with Crippen molar-refractivity contribution in [2.24, 2.45) is 0 Å². The zero-order chi connectivity index (χ0) is 23.2. The molecule has 0 spiro atoms. The van der Waals surface area contributed by atoms with E-state index in [1.165, 1.54) is 10.9 Å². The van der Waals surface area contributed by atoms with Crippen molar-refractivity contribution in [2.45, 2.75) is 24.9 Å². The van der Waals surface area contributed by atoms with Crippen molar-refractivity contribution in [3.8, 4) is 0 Å². The molecule has 174 valence electrons. The lowest BCUT2D eigenvalue weighted by molar-refractivity contribution is -0.0423. The van der Waals surface area contributed by atoms with Gasteiger partial charge in [0.05, 0.1) is 19.0 Å². The average molecular weight is 507 g/mol. The van der Waals surface area contributed by atoms with Gasteiger partial charge < -0.3 is 35.2 Å². The number of phosphoric ester groups is 1. The zero-order valence-corrected chi connectivity index (χ0v) is 17.7. The van der Waals surface area contributed by atoms with Crippen LogP contribution < -0.4 is 11.3 Å². The number of rotatable bonds is 8. The Kier molecular flexibility index (Phi) is 6.57. The van der Waals surface area contributed by atoms with Gasteiger partial charge in [-0.25, -0.2) is 18.7 Å².